The monoisotopic (exact) mass is 249 g/mol. The summed E-state index contributed by atoms with van der Waals surface area (Å²) in [6.07, 6.45) is 0. The minimum Gasteiger partial charge on any atom is -0.497 e. The third-order valence-corrected chi connectivity index (χ3v) is 2.46. The molecule has 7 nitrogen and oxygen atoms in total. The van der Waals surface area contributed by atoms with Crippen LogP contribution in [0.25, 0.3) is 5.69 Å². The summed E-state index contributed by atoms with van der Waals surface area (Å²) < 4.78 is 5.98. The number of aromatic nitrogens is 2. The summed E-state index contributed by atoms with van der Waals surface area (Å²) in [7, 11) is 1.51. The van der Waals surface area contributed by atoms with Crippen molar-refractivity contribution < 1.29 is 14.6 Å². The summed E-state index contributed by atoms with van der Waals surface area (Å²) in [4.78, 5) is 25.0. The predicted octanol–water partition coefficient (Wildman–Crippen LogP) is 0.455. The number of nitrogens with two attached hydrogens (primary N) is 1. The third-order valence-electron chi connectivity index (χ3n) is 2.46. The maximum Gasteiger partial charge on any atom is 0.356 e. The lowest BCUT2D eigenvalue weighted by molar-refractivity contribution is 0.0689. The lowest BCUT2D eigenvalue weighted by Gasteiger charge is -2.05. The molecule has 2 rings (SSSR count). The van der Waals surface area contributed by atoms with Crippen molar-refractivity contribution >= 4 is 11.8 Å². The van der Waals surface area contributed by atoms with Gasteiger partial charge in [-0.15, -0.1) is 0 Å². The first-order valence-corrected chi connectivity index (χ1v) is 5.03. The highest BCUT2D eigenvalue weighted by Crippen LogP contribution is 2.17. The number of carboxylic acids is 1. The Bertz CT molecular complexity index is 639. The molecule has 0 saturated heterocycles. The van der Waals surface area contributed by atoms with Gasteiger partial charge in [0, 0.05) is 0 Å². The summed E-state index contributed by atoms with van der Waals surface area (Å²) in [6, 6.07) is 6.38. The molecule has 0 radical (unpaired) electrons. The minimum atomic E-state index is -1.28. The second-order valence-electron chi connectivity index (χ2n) is 3.53. The van der Waals surface area contributed by atoms with E-state index < -0.39 is 11.7 Å². The van der Waals surface area contributed by atoms with Gasteiger partial charge in [0.05, 0.1) is 12.8 Å². The summed E-state index contributed by atoms with van der Waals surface area (Å²) in [6.45, 7) is 0. The topological polar surface area (TPSA) is 110 Å². The van der Waals surface area contributed by atoms with Gasteiger partial charge in [-0.25, -0.2) is 9.59 Å². The van der Waals surface area contributed by atoms with Crippen molar-refractivity contribution in [3.8, 4) is 11.4 Å². The van der Waals surface area contributed by atoms with Crippen LogP contribution in [-0.2, 0) is 0 Å². The zero-order valence-electron chi connectivity index (χ0n) is 9.51. The lowest BCUT2D eigenvalue weighted by atomic mass is 10.3. The number of nitrogens with zero attached hydrogens (tertiary/aromatic N) is 1. The standard InChI is InChI=1S/C11H11N3O4/c1-18-7-4-2-6(3-5-7)14-8(10(15)16)9(12)13-11(14)17/h2-5H,12H2,1H3,(H,13,17)(H,15,16). The van der Waals surface area contributed by atoms with E-state index in [1.54, 1.807) is 24.3 Å². The first kappa shape index (κ1) is 11.8. The average molecular weight is 249 g/mol. The molecule has 18 heavy (non-hydrogen) atoms. The zero-order chi connectivity index (χ0) is 13.3. The Labute approximate surface area is 101 Å². The Morgan fingerprint density at radius 3 is 2.50 bits per heavy atom. The molecule has 0 fully saturated rings. The Morgan fingerprint density at radius 1 is 1.39 bits per heavy atom. The quantitative estimate of drug-likeness (QED) is 0.731. The Balaban J connectivity index is 2.62. The fraction of sp³-hybridized carbons (Fsp3) is 0.0909. The van der Waals surface area contributed by atoms with Gasteiger partial charge >= 0.3 is 11.7 Å². The van der Waals surface area contributed by atoms with Crippen LogP contribution in [0.3, 0.4) is 0 Å². The number of benzene rings is 1. The summed E-state index contributed by atoms with van der Waals surface area (Å²) in [5.41, 5.74) is 4.96. The Hall–Kier alpha value is -2.70. The fourth-order valence-electron chi connectivity index (χ4n) is 1.64. The van der Waals surface area contributed by atoms with Crippen LogP contribution in [0, 0.1) is 0 Å². The largest absolute Gasteiger partial charge is 0.497 e. The van der Waals surface area contributed by atoms with E-state index in [9.17, 15) is 9.59 Å². The van der Waals surface area contributed by atoms with E-state index in [4.69, 9.17) is 15.6 Å². The van der Waals surface area contributed by atoms with Crippen molar-refractivity contribution in [2.24, 2.45) is 0 Å². The summed E-state index contributed by atoms with van der Waals surface area (Å²) >= 11 is 0. The Kier molecular flexibility index (Phi) is 2.80. The second-order valence-corrected chi connectivity index (χ2v) is 3.53. The van der Waals surface area contributed by atoms with Crippen molar-refractivity contribution in [2.45, 2.75) is 0 Å². The van der Waals surface area contributed by atoms with Gasteiger partial charge in [0.1, 0.15) is 11.6 Å². The van der Waals surface area contributed by atoms with E-state index >= 15 is 0 Å². The van der Waals surface area contributed by atoms with Gasteiger partial charge < -0.3 is 15.6 Å². The number of aromatic carboxylic acids is 1. The number of rotatable bonds is 3. The molecule has 0 aliphatic carbocycles. The molecule has 0 atom stereocenters. The molecule has 0 amide bonds. The molecular formula is C11H11N3O4. The molecular weight excluding hydrogens is 238 g/mol. The SMILES string of the molecule is COc1ccc(-n2c(C(=O)O)c(N)[nH]c2=O)cc1. The van der Waals surface area contributed by atoms with Crippen LogP contribution in [0.5, 0.6) is 5.75 Å². The van der Waals surface area contributed by atoms with E-state index in [-0.39, 0.29) is 11.5 Å². The first-order valence-electron chi connectivity index (χ1n) is 5.03. The van der Waals surface area contributed by atoms with Crippen molar-refractivity contribution in [1.82, 2.24) is 9.55 Å². The van der Waals surface area contributed by atoms with Crippen molar-refractivity contribution in [2.75, 3.05) is 12.8 Å². The van der Waals surface area contributed by atoms with Crippen LogP contribution < -0.4 is 16.2 Å². The number of H-pyrrole nitrogens is 1. The molecule has 2 aromatic rings. The van der Waals surface area contributed by atoms with Crippen LogP contribution in [0.2, 0.25) is 0 Å². The fourth-order valence-corrected chi connectivity index (χ4v) is 1.64. The number of anilines is 1. The molecule has 7 heteroatoms. The number of nitrogen functional groups attached to an aromatic ring is 1. The zero-order valence-corrected chi connectivity index (χ0v) is 9.51. The van der Waals surface area contributed by atoms with E-state index in [1.165, 1.54) is 7.11 Å². The third kappa shape index (κ3) is 1.81. The number of carbonyl (C=O) groups is 1. The lowest BCUT2D eigenvalue weighted by Crippen LogP contribution is -2.19. The predicted molar refractivity (Wildman–Crippen MR) is 64.3 cm³/mol. The molecule has 1 aromatic carbocycles. The second kappa shape index (κ2) is 4.28. The van der Waals surface area contributed by atoms with Gasteiger partial charge in [0.2, 0.25) is 0 Å². The molecule has 0 bridgehead atoms. The molecule has 4 N–H and O–H groups in total. The highest BCUT2D eigenvalue weighted by atomic mass is 16.5. The molecule has 1 heterocycles. The first-order chi connectivity index (χ1) is 8.54. The van der Waals surface area contributed by atoms with Crippen LogP contribution in [-0.4, -0.2) is 27.7 Å². The smallest absolute Gasteiger partial charge is 0.356 e. The molecule has 0 saturated carbocycles. The molecule has 1 aromatic heterocycles. The van der Waals surface area contributed by atoms with E-state index in [1.807, 2.05) is 0 Å². The van der Waals surface area contributed by atoms with Crippen molar-refractivity contribution in [3.05, 3.63) is 40.4 Å². The van der Waals surface area contributed by atoms with E-state index in [2.05, 4.69) is 4.98 Å². The number of methoxy groups -OCH3 is 1. The minimum absolute atomic E-state index is 0.177. The number of nitrogens with one attached hydrogen (secondary N) is 1. The van der Waals surface area contributed by atoms with Crippen LogP contribution in [0.1, 0.15) is 10.5 Å². The number of hydrogen-bond donors (Lipinski definition) is 3. The maximum absolute atomic E-state index is 11.7. The highest BCUT2D eigenvalue weighted by Gasteiger charge is 2.19. The molecule has 0 aliphatic rings. The van der Waals surface area contributed by atoms with Crippen LogP contribution >= 0.6 is 0 Å². The van der Waals surface area contributed by atoms with Crippen molar-refractivity contribution in [3.63, 3.8) is 0 Å². The van der Waals surface area contributed by atoms with Crippen LogP contribution in [0.15, 0.2) is 29.1 Å². The summed E-state index contributed by atoms with van der Waals surface area (Å²) in [5, 5.41) is 9.04. The molecule has 0 aliphatic heterocycles. The van der Waals surface area contributed by atoms with Crippen LogP contribution in [0.4, 0.5) is 5.82 Å². The van der Waals surface area contributed by atoms with Gasteiger partial charge in [-0.05, 0) is 24.3 Å². The summed E-state index contributed by atoms with van der Waals surface area (Å²) in [5.74, 6) is -0.850. The number of carboxylic acid groups (broad SMARTS) is 1. The van der Waals surface area contributed by atoms with Crippen molar-refractivity contribution in [1.29, 1.82) is 0 Å². The number of ether oxygens (including phenoxy) is 1. The number of hydrogen-bond acceptors (Lipinski definition) is 4. The molecule has 0 spiro atoms. The van der Waals surface area contributed by atoms with Gasteiger partial charge in [-0.1, -0.05) is 0 Å². The maximum atomic E-state index is 11.7. The van der Waals surface area contributed by atoms with E-state index in [0.717, 1.165) is 4.57 Å². The molecule has 0 unspecified atom stereocenters. The number of imidazole rings is 1. The van der Waals surface area contributed by atoms with Gasteiger partial charge in [0.25, 0.3) is 0 Å². The highest BCUT2D eigenvalue weighted by molar-refractivity contribution is 5.91. The van der Waals surface area contributed by atoms with Gasteiger partial charge in [-0.2, -0.15) is 0 Å². The average Bonchev–Trinajstić information content (AvgIpc) is 2.64. The normalized spacial score (nSPS) is 10.3. The van der Waals surface area contributed by atoms with E-state index in [0.29, 0.717) is 11.4 Å². The van der Waals surface area contributed by atoms with Gasteiger partial charge in [-0.3, -0.25) is 9.55 Å². The van der Waals surface area contributed by atoms with Gasteiger partial charge in [0.15, 0.2) is 5.69 Å². The number of aromatic amines is 1. The Morgan fingerprint density at radius 2 is 2.00 bits per heavy atom. The molecule has 94 valence electrons.